The summed E-state index contributed by atoms with van der Waals surface area (Å²) in [6.07, 6.45) is 5.50. The second-order valence-electron chi connectivity index (χ2n) is 10.5. The molecule has 0 radical (unpaired) electrons. The van der Waals surface area contributed by atoms with Crippen LogP contribution in [0.3, 0.4) is 0 Å². The molecule has 39 heavy (non-hydrogen) atoms. The smallest absolute Gasteiger partial charge is 0.271 e. The van der Waals surface area contributed by atoms with Crippen LogP contribution in [-0.2, 0) is 4.79 Å². The van der Waals surface area contributed by atoms with E-state index >= 15 is 0 Å². The number of piperidine rings is 1. The molecule has 1 aromatic heterocycles. The van der Waals surface area contributed by atoms with Crippen LogP contribution in [0.15, 0.2) is 43.1 Å². The van der Waals surface area contributed by atoms with E-state index < -0.39 is 5.91 Å². The Kier molecular flexibility index (Phi) is 8.27. The molecule has 3 saturated heterocycles. The van der Waals surface area contributed by atoms with E-state index in [1.807, 2.05) is 12.1 Å². The molecule has 0 bridgehead atoms. The molecule has 0 unspecified atom stereocenters. The molecule has 208 valence electrons. The summed E-state index contributed by atoms with van der Waals surface area (Å²) in [5, 5.41) is 3.18. The second-order valence-corrected chi connectivity index (χ2v) is 10.5. The molecule has 2 amide bonds. The molecule has 2 aromatic rings. The van der Waals surface area contributed by atoms with Crippen molar-refractivity contribution in [2.75, 3.05) is 69.6 Å². The van der Waals surface area contributed by atoms with Crippen LogP contribution in [0.25, 0.3) is 0 Å². The lowest BCUT2D eigenvalue weighted by Gasteiger charge is -2.42. The Balaban J connectivity index is 1.19. The molecule has 3 fully saturated rings. The van der Waals surface area contributed by atoms with Gasteiger partial charge in [0.25, 0.3) is 5.91 Å². The number of ether oxygens (including phenoxy) is 1. The van der Waals surface area contributed by atoms with Crippen LogP contribution in [0, 0.1) is 0 Å². The van der Waals surface area contributed by atoms with E-state index in [-0.39, 0.29) is 29.4 Å². The Bertz CT molecular complexity index is 1170. The Labute approximate surface area is 229 Å². The van der Waals surface area contributed by atoms with Gasteiger partial charge in [0.1, 0.15) is 6.10 Å². The molecule has 3 aliphatic heterocycles. The standard InChI is InChI=1S/C28H38N8O3/c1-3-25(37)36-13-10-23(19-36)39-24-18-30-26(27(29)38)28(32-24)31-20-4-6-21(7-5-20)34-11-8-22(9-12-34)35-16-14-33(2)15-17-35/h3-7,18,22-23H,1,8-17,19H2,2H3,(H2,29,38)(H,31,32)/t23-/m1/s1. The number of carbonyl (C=O) groups excluding carboxylic acids is 2. The second kappa shape index (κ2) is 12.0. The van der Waals surface area contributed by atoms with Crippen molar-refractivity contribution >= 4 is 29.0 Å². The molecule has 0 saturated carbocycles. The van der Waals surface area contributed by atoms with Gasteiger partial charge in [-0.25, -0.2) is 4.98 Å². The highest BCUT2D eigenvalue weighted by molar-refractivity contribution is 5.96. The van der Waals surface area contributed by atoms with Gasteiger partial charge in [-0.1, -0.05) is 6.58 Å². The van der Waals surface area contributed by atoms with Crippen LogP contribution in [0.4, 0.5) is 17.2 Å². The minimum atomic E-state index is -0.681. The van der Waals surface area contributed by atoms with Gasteiger partial charge in [0.2, 0.25) is 11.8 Å². The summed E-state index contributed by atoms with van der Waals surface area (Å²) in [5.41, 5.74) is 7.53. The van der Waals surface area contributed by atoms with Gasteiger partial charge < -0.3 is 30.5 Å². The lowest BCUT2D eigenvalue weighted by atomic mass is 10.0. The lowest BCUT2D eigenvalue weighted by Crippen LogP contribution is -2.52. The SMILES string of the molecule is C=CC(=O)N1CC[C@@H](Oc2cnc(C(N)=O)c(Nc3ccc(N4CCC(N5CCN(C)CC5)CC4)cc3)n2)C1. The van der Waals surface area contributed by atoms with Crippen LogP contribution in [-0.4, -0.2) is 108 Å². The van der Waals surface area contributed by atoms with Gasteiger partial charge in [0.15, 0.2) is 11.5 Å². The van der Waals surface area contributed by atoms with Gasteiger partial charge in [-0.2, -0.15) is 4.98 Å². The third-order valence-electron chi connectivity index (χ3n) is 7.92. The van der Waals surface area contributed by atoms with Gasteiger partial charge in [-0.15, -0.1) is 0 Å². The summed E-state index contributed by atoms with van der Waals surface area (Å²) >= 11 is 0. The molecule has 1 aromatic carbocycles. The summed E-state index contributed by atoms with van der Waals surface area (Å²) in [7, 11) is 2.20. The normalized spacial score (nSPS) is 21.1. The Hall–Kier alpha value is -3.70. The van der Waals surface area contributed by atoms with E-state index in [9.17, 15) is 9.59 Å². The molecule has 4 heterocycles. The van der Waals surface area contributed by atoms with Crippen molar-refractivity contribution in [3.05, 3.63) is 48.8 Å². The lowest BCUT2D eigenvalue weighted by molar-refractivity contribution is -0.125. The van der Waals surface area contributed by atoms with Crippen molar-refractivity contribution in [3.63, 3.8) is 0 Å². The summed E-state index contributed by atoms with van der Waals surface area (Å²) < 4.78 is 5.96. The number of aromatic nitrogens is 2. The first kappa shape index (κ1) is 26.9. The van der Waals surface area contributed by atoms with Crippen LogP contribution < -0.4 is 20.7 Å². The van der Waals surface area contributed by atoms with Gasteiger partial charge in [0, 0.05) is 69.7 Å². The Morgan fingerprint density at radius 1 is 1.05 bits per heavy atom. The quantitative estimate of drug-likeness (QED) is 0.488. The van der Waals surface area contributed by atoms with E-state index in [0.29, 0.717) is 25.6 Å². The summed E-state index contributed by atoms with van der Waals surface area (Å²) in [6, 6.07) is 8.78. The average molecular weight is 535 g/mol. The number of carbonyl (C=O) groups is 2. The molecule has 11 heteroatoms. The zero-order valence-electron chi connectivity index (χ0n) is 22.6. The number of benzene rings is 1. The third-order valence-corrected chi connectivity index (χ3v) is 7.92. The number of likely N-dealkylation sites (N-methyl/N-ethyl adjacent to an activating group) is 1. The first-order valence-electron chi connectivity index (χ1n) is 13.7. The van der Waals surface area contributed by atoms with E-state index in [1.165, 1.54) is 30.8 Å². The molecule has 3 N–H and O–H groups in total. The molecular weight excluding hydrogens is 496 g/mol. The highest BCUT2D eigenvalue weighted by atomic mass is 16.5. The van der Waals surface area contributed by atoms with Crippen molar-refractivity contribution in [2.45, 2.75) is 31.4 Å². The molecule has 1 atom stereocenters. The first-order chi connectivity index (χ1) is 18.9. The minimum absolute atomic E-state index is 0.0345. The fraction of sp³-hybridized carbons (Fsp3) is 0.500. The van der Waals surface area contributed by atoms with Crippen molar-refractivity contribution in [1.82, 2.24) is 24.7 Å². The maximum absolute atomic E-state index is 12.0. The molecular formula is C28H38N8O3. The summed E-state index contributed by atoms with van der Waals surface area (Å²) in [5.74, 6) is -0.306. The minimum Gasteiger partial charge on any atom is -0.471 e. The van der Waals surface area contributed by atoms with Gasteiger partial charge in [0.05, 0.1) is 12.7 Å². The summed E-state index contributed by atoms with van der Waals surface area (Å²) in [6.45, 7) is 11.3. The maximum atomic E-state index is 12.0. The van der Waals surface area contributed by atoms with Crippen molar-refractivity contribution < 1.29 is 14.3 Å². The van der Waals surface area contributed by atoms with Crippen molar-refractivity contribution in [2.24, 2.45) is 5.73 Å². The molecule has 5 rings (SSSR count). The molecule has 0 spiro atoms. The van der Waals surface area contributed by atoms with Crippen LogP contribution in [0.1, 0.15) is 29.8 Å². The number of nitrogens with zero attached hydrogens (tertiary/aromatic N) is 6. The Morgan fingerprint density at radius 3 is 2.44 bits per heavy atom. The maximum Gasteiger partial charge on any atom is 0.271 e. The number of amides is 2. The average Bonchev–Trinajstić information content (AvgIpc) is 3.42. The van der Waals surface area contributed by atoms with Crippen LogP contribution >= 0.6 is 0 Å². The number of anilines is 3. The van der Waals surface area contributed by atoms with Crippen molar-refractivity contribution in [1.29, 1.82) is 0 Å². The number of nitrogens with one attached hydrogen (secondary N) is 1. The topological polar surface area (TPSA) is 120 Å². The van der Waals surface area contributed by atoms with Gasteiger partial charge in [-0.05, 0) is 50.2 Å². The zero-order valence-corrected chi connectivity index (χ0v) is 22.6. The number of likely N-dealkylation sites (tertiary alicyclic amines) is 1. The van der Waals surface area contributed by atoms with E-state index in [1.54, 1.807) is 4.90 Å². The Morgan fingerprint density at radius 2 is 1.77 bits per heavy atom. The largest absolute Gasteiger partial charge is 0.471 e. The summed E-state index contributed by atoms with van der Waals surface area (Å²) in [4.78, 5) is 41.7. The predicted molar refractivity (Wildman–Crippen MR) is 150 cm³/mol. The van der Waals surface area contributed by atoms with Gasteiger partial charge in [-0.3, -0.25) is 14.5 Å². The molecule has 3 aliphatic rings. The number of hydrogen-bond donors (Lipinski definition) is 2. The zero-order chi connectivity index (χ0) is 27.4. The van der Waals surface area contributed by atoms with Crippen molar-refractivity contribution in [3.8, 4) is 5.88 Å². The number of rotatable bonds is 8. The number of piperazine rings is 1. The highest BCUT2D eigenvalue weighted by Gasteiger charge is 2.28. The van der Waals surface area contributed by atoms with E-state index in [2.05, 4.69) is 55.7 Å². The molecule has 0 aliphatic carbocycles. The van der Waals surface area contributed by atoms with E-state index in [0.717, 1.165) is 45.0 Å². The number of primary amides is 1. The van der Waals surface area contributed by atoms with Crippen LogP contribution in [0.2, 0.25) is 0 Å². The fourth-order valence-corrected chi connectivity index (χ4v) is 5.59. The number of hydrogen-bond acceptors (Lipinski definition) is 9. The predicted octanol–water partition coefficient (Wildman–Crippen LogP) is 1.70. The number of nitrogens with two attached hydrogens (primary N) is 1. The van der Waals surface area contributed by atoms with Gasteiger partial charge >= 0.3 is 0 Å². The fourth-order valence-electron chi connectivity index (χ4n) is 5.59. The monoisotopic (exact) mass is 534 g/mol. The third kappa shape index (κ3) is 6.48. The van der Waals surface area contributed by atoms with Crippen LogP contribution in [0.5, 0.6) is 5.88 Å². The first-order valence-corrected chi connectivity index (χ1v) is 13.7. The van der Waals surface area contributed by atoms with E-state index in [4.69, 9.17) is 10.5 Å². The highest BCUT2D eigenvalue weighted by Crippen LogP contribution is 2.27. The molecule has 11 nitrogen and oxygen atoms in total.